The van der Waals surface area contributed by atoms with Gasteiger partial charge in [-0.05, 0) is 44.2 Å². The van der Waals surface area contributed by atoms with Crippen LogP contribution in [0.15, 0.2) is 42.0 Å². The number of aryl methyl sites for hydroxylation is 2. The van der Waals surface area contributed by atoms with Crippen LogP contribution in [0, 0.1) is 13.8 Å². The van der Waals surface area contributed by atoms with Crippen molar-refractivity contribution in [2.45, 2.75) is 13.8 Å². The van der Waals surface area contributed by atoms with Crippen LogP contribution in [0.25, 0.3) is 6.08 Å². The second-order valence-electron chi connectivity index (χ2n) is 5.24. The number of rotatable bonds is 2. The van der Waals surface area contributed by atoms with Gasteiger partial charge in [0.2, 0.25) is 0 Å². The number of nitrogens with zero attached hydrogens (tertiary/aromatic N) is 1. The quantitative estimate of drug-likeness (QED) is 0.681. The molecule has 1 aromatic carbocycles. The lowest BCUT2D eigenvalue weighted by Gasteiger charge is -2.26. The first-order valence-corrected chi connectivity index (χ1v) is 7.82. The van der Waals surface area contributed by atoms with Gasteiger partial charge in [-0.25, -0.2) is 9.69 Å². The van der Waals surface area contributed by atoms with Gasteiger partial charge < -0.3 is 0 Å². The van der Waals surface area contributed by atoms with Gasteiger partial charge in [0, 0.05) is 9.75 Å². The molecular formula is C17H14N2O3S. The van der Waals surface area contributed by atoms with Crippen LogP contribution >= 0.6 is 11.3 Å². The normalized spacial score (nSPS) is 16.9. The van der Waals surface area contributed by atoms with Gasteiger partial charge in [0.25, 0.3) is 11.8 Å². The SMILES string of the molecule is Cc1ccc(N2C(=O)NC(=O)/C(=C/c3ccc(C)s3)C2=O)cc1. The third-order valence-electron chi connectivity index (χ3n) is 3.44. The number of urea groups is 1. The molecule has 3 rings (SSSR count). The molecule has 1 saturated heterocycles. The van der Waals surface area contributed by atoms with E-state index in [1.807, 2.05) is 26.0 Å². The molecule has 1 fully saturated rings. The van der Waals surface area contributed by atoms with E-state index in [-0.39, 0.29) is 5.57 Å². The highest BCUT2D eigenvalue weighted by atomic mass is 32.1. The number of barbiturate groups is 1. The number of amides is 4. The van der Waals surface area contributed by atoms with Gasteiger partial charge in [0.05, 0.1) is 5.69 Å². The van der Waals surface area contributed by atoms with Gasteiger partial charge in [0.1, 0.15) is 5.57 Å². The molecule has 6 heteroatoms. The third-order valence-corrected chi connectivity index (χ3v) is 4.39. The maximum absolute atomic E-state index is 12.6. The number of nitrogens with one attached hydrogen (secondary N) is 1. The van der Waals surface area contributed by atoms with Crippen LogP contribution < -0.4 is 10.2 Å². The zero-order chi connectivity index (χ0) is 16.6. The van der Waals surface area contributed by atoms with Crippen molar-refractivity contribution in [1.29, 1.82) is 0 Å². The van der Waals surface area contributed by atoms with Gasteiger partial charge in [-0.2, -0.15) is 0 Å². The predicted molar refractivity (Wildman–Crippen MR) is 89.2 cm³/mol. The highest BCUT2D eigenvalue weighted by molar-refractivity contribution is 7.12. The number of hydrogen-bond acceptors (Lipinski definition) is 4. The molecule has 1 aliphatic heterocycles. The molecule has 0 atom stereocenters. The van der Waals surface area contributed by atoms with E-state index in [1.54, 1.807) is 24.3 Å². The van der Waals surface area contributed by atoms with E-state index in [9.17, 15) is 14.4 Å². The number of carbonyl (C=O) groups excluding carboxylic acids is 3. The minimum atomic E-state index is -0.733. The highest BCUT2D eigenvalue weighted by Crippen LogP contribution is 2.24. The van der Waals surface area contributed by atoms with Crippen molar-refractivity contribution < 1.29 is 14.4 Å². The summed E-state index contributed by atoms with van der Waals surface area (Å²) in [6.45, 7) is 3.85. The first-order chi connectivity index (χ1) is 11.0. The van der Waals surface area contributed by atoms with E-state index >= 15 is 0 Å². The Morgan fingerprint density at radius 2 is 1.70 bits per heavy atom. The summed E-state index contributed by atoms with van der Waals surface area (Å²) < 4.78 is 0. The Morgan fingerprint density at radius 1 is 1.00 bits per heavy atom. The fraction of sp³-hybridized carbons (Fsp3) is 0.118. The fourth-order valence-electron chi connectivity index (χ4n) is 2.26. The molecule has 2 heterocycles. The number of carbonyl (C=O) groups is 3. The molecule has 1 aliphatic rings. The van der Waals surface area contributed by atoms with Crippen molar-refractivity contribution >= 4 is 40.9 Å². The Bertz CT molecular complexity index is 834. The van der Waals surface area contributed by atoms with E-state index in [4.69, 9.17) is 0 Å². The van der Waals surface area contributed by atoms with Crippen LogP contribution in [-0.4, -0.2) is 17.8 Å². The van der Waals surface area contributed by atoms with Crippen molar-refractivity contribution in [3.05, 3.63) is 57.3 Å². The van der Waals surface area contributed by atoms with Gasteiger partial charge in [-0.3, -0.25) is 14.9 Å². The zero-order valence-corrected chi connectivity index (χ0v) is 13.4. The molecule has 0 bridgehead atoms. The molecule has 0 unspecified atom stereocenters. The first kappa shape index (κ1) is 15.2. The molecule has 0 radical (unpaired) electrons. The Labute approximate surface area is 137 Å². The summed E-state index contributed by atoms with van der Waals surface area (Å²) in [6.07, 6.45) is 1.52. The Morgan fingerprint density at radius 3 is 2.30 bits per heavy atom. The summed E-state index contributed by atoms with van der Waals surface area (Å²) in [5.41, 5.74) is 1.39. The van der Waals surface area contributed by atoms with Crippen LogP contribution in [0.3, 0.4) is 0 Å². The van der Waals surface area contributed by atoms with E-state index in [2.05, 4.69) is 5.32 Å². The largest absolute Gasteiger partial charge is 0.335 e. The minimum Gasteiger partial charge on any atom is -0.273 e. The van der Waals surface area contributed by atoms with E-state index < -0.39 is 17.8 Å². The molecule has 1 aromatic heterocycles. The third kappa shape index (κ3) is 2.93. The maximum atomic E-state index is 12.6. The van der Waals surface area contributed by atoms with Crippen molar-refractivity contribution in [2.75, 3.05) is 4.90 Å². The molecule has 0 saturated carbocycles. The number of anilines is 1. The predicted octanol–water partition coefficient (Wildman–Crippen LogP) is 3.03. The van der Waals surface area contributed by atoms with Crippen LogP contribution in [0.1, 0.15) is 15.3 Å². The van der Waals surface area contributed by atoms with Crippen molar-refractivity contribution in [2.24, 2.45) is 0 Å². The summed E-state index contributed by atoms with van der Waals surface area (Å²) >= 11 is 1.47. The second kappa shape index (κ2) is 5.81. The number of hydrogen-bond donors (Lipinski definition) is 1. The lowest BCUT2D eigenvalue weighted by atomic mass is 10.1. The summed E-state index contributed by atoms with van der Waals surface area (Å²) in [6, 6.07) is 9.97. The van der Waals surface area contributed by atoms with Crippen LogP contribution in [0.5, 0.6) is 0 Å². The van der Waals surface area contributed by atoms with Gasteiger partial charge in [0.15, 0.2) is 0 Å². The Kier molecular flexibility index (Phi) is 3.83. The molecule has 2 aromatic rings. The van der Waals surface area contributed by atoms with Crippen molar-refractivity contribution in [3.8, 4) is 0 Å². The molecule has 5 nitrogen and oxygen atoms in total. The number of imide groups is 2. The summed E-state index contributed by atoms with van der Waals surface area (Å²) in [7, 11) is 0. The maximum Gasteiger partial charge on any atom is 0.335 e. The van der Waals surface area contributed by atoms with Gasteiger partial charge >= 0.3 is 6.03 Å². The van der Waals surface area contributed by atoms with Crippen LogP contribution in [0.4, 0.5) is 10.5 Å². The molecule has 0 aliphatic carbocycles. The average Bonchev–Trinajstić information content (AvgIpc) is 2.91. The Hall–Kier alpha value is -2.73. The van der Waals surface area contributed by atoms with Crippen molar-refractivity contribution in [1.82, 2.24) is 5.32 Å². The monoisotopic (exact) mass is 326 g/mol. The molecule has 23 heavy (non-hydrogen) atoms. The van der Waals surface area contributed by atoms with E-state index in [1.165, 1.54) is 17.4 Å². The molecule has 1 N–H and O–H groups in total. The van der Waals surface area contributed by atoms with Crippen molar-refractivity contribution in [3.63, 3.8) is 0 Å². The lowest BCUT2D eigenvalue weighted by Crippen LogP contribution is -2.54. The lowest BCUT2D eigenvalue weighted by molar-refractivity contribution is -0.122. The molecule has 4 amide bonds. The van der Waals surface area contributed by atoms with E-state index in [0.717, 1.165) is 20.2 Å². The molecule has 116 valence electrons. The topological polar surface area (TPSA) is 66.5 Å². The zero-order valence-electron chi connectivity index (χ0n) is 12.6. The van der Waals surface area contributed by atoms with Gasteiger partial charge in [-0.15, -0.1) is 11.3 Å². The minimum absolute atomic E-state index is 0.0491. The second-order valence-corrected chi connectivity index (χ2v) is 6.56. The summed E-state index contributed by atoms with van der Waals surface area (Å²) in [4.78, 5) is 39.5. The number of benzene rings is 1. The fourth-order valence-corrected chi connectivity index (χ4v) is 3.08. The summed E-state index contributed by atoms with van der Waals surface area (Å²) in [5, 5.41) is 2.21. The average molecular weight is 326 g/mol. The molecule has 0 spiro atoms. The first-order valence-electron chi connectivity index (χ1n) is 7.00. The molecular weight excluding hydrogens is 312 g/mol. The van der Waals surface area contributed by atoms with Crippen LogP contribution in [-0.2, 0) is 9.59 Å². The number of thiophene rings is 1. The highest BCUT2D eigenvalue weighted by Gasteiger charge is 2.36. The van der Waals surface area contributed by atoms with E-state index in [0.29, 0.717) is 5.69 Å². The Balaban J connectivity index is 2.00. The standard InChI is InChI=1S/C17H14N2O3S/c1-10-3-6-12(7-4-10)19-16(21)14(15(20)18-17(19)22)9-13-8-5-11(2)23-13/h3-9H,1-2H3,(H,18,20,22)/b14-9-. The smallest absolute Gasteiger partial charge is 0.273 e. The summed E-state index contributed by atoms with van der Waals surface area (Å²) in [5.74, 6) is -1.29. The van der Waals surface area contributed by atoms with Crippen LogP contribution in [0.2, 0.25) is 0 Å². The van der Waals surface area contributed by atoms with Gasteiger partial charge in [-0.1, -0.05) is 17.7 Å².